The molecule has 0 unspecified atom stereocenters. The minimum Gasteiger partial charge on any atom is -0.454 e. The molecule has 0 spiro atoms. The van der Waals surface area contributed by atoms with Crippen LogP contribution in [0.2, 0.25) is 0 Å². The fraction of sp³-hybridized carbons (Fsp3) is 0.100. The fourth-order valence-corrected chi connectivity index (χ4v) is 2.98. The largest absolute Gasteiger partial charge is 0.454 e. The number of para-hydroxylation sites is 3. The number of nitrogens with zero attached hydrogens (tertiary/aromatic N) is 3. The number of aromatic nitrogens is 2. The highest BCUT2D eigenvalue weighted by Gasteiger charge is 2.17. The molecule has 1 amide bonds. The number of amides is 1. The van der Waals surface area contributed by atoms with Gasteiger partial charge in [-0.15, -0.1) is 0 Å². The Labute approximate surface area is 173 Å². The van der Waals surface area contributed by atoms with Gasteiger partial charge in [-0.05, 0) is 18.2 Å². The van der Waals surface area contributed by atoms with E-state index in [1.807, 2.05) is 0 Å². The van der Waals surface area contributed by atoms with E-state index in [0.717, 1.165) is 4.57 Å². The Hall–Kier alpha value is -4.54. The molecule has 0 atom stereocenters. The van der Waals surface area contributed by atoms with Crippen molar-refractivity contribution in [3.8, 4) is 0 Å². The van der Waals surface area contributed by atoms with E-state index in [9.17, 15) is 24.5 Å². The average Bonchev–Trinajstić information content (AvgIpc) is 3.14. The summed E-state index contributed by atoms with van der Waals surface area (Å²) >= 11 is 0. The van der Waals surface area contributed by atoms with Crippen LogP contribution in [0, 0.1) is 10.1 Å². The molecular formula is C20H14N4O7. The lowest BCUT2D eigenvalue weighted by molar-refractivity contribution is -0.383. The zero-order valence-corrected chi connectivity index (χ0v) is 15.8. The molecular weight excluding hydrogens is 408 g/mol. The molecule has 156 valence electrons. The van der Waals surface area contributed by atoms with E-state index in [4.69, 9.17) is 9.15 Å². The molecule has 0 bridgehead atoms. The lowest BCUT2D eigenvalue weighted by Gasteiger charge is -2.08. The van der Waals surface area contributed by atoms with Crippen LogP contribution in [0.3, 0.4) is 0 Å². The predicted octanol–water partition coefficient (Wildman–Crippen LogP) is 2.23. The third kappa shape index (κ3) is 3.96. The molecule has 0 fully saturated rings. The molecule has 2 aromatic heterocycles. The molecule has 31 heavy (non-hydrogen) atoms. The fourth-order valence-electron chi connectivity index (χ4n) is 2.98. The van der Waals surface area contributed by atoms with E-state index in [0.29, 0.717) is 16.5 Å². The maximum Gasteiger partial charge on any atom is 0.326 e. The van der Waals surface area contributed by atoms with Crippen LogP contribution in [-0.2, 0) is 20.9 Å². The van der Waals surface area contributed by atoms with Gasteiger partial charge in [-0.2, -0.15) is 0 Å². The molecule has 2 heterocycles. The second kappa shape index (κ2) is 8.06. The third-order valence-electron chi connectivity index (χ3n) is 4.39. The molecule has 11 nitrogen and oxygen atoms in total. The Kier molecular flexibility index (Phi) is 5.14. The molecule has 4 aromatic rings. The Balaban J connectivity index is 1.42. The van der Waals surface area contributed by atoms with E-state index in [-0.39, 0.29) is 17.0 Å². The van der Waals surface area contributed by atoms with Crippen LogP contribution in [0.4, 0.5) is 11.4 Å². The molecule has 11 heteroatoms. The number of anilines is 1. The molecule has 0 saturated heterocycles. The van der Waals surface area contributed by atoms with Gasteiger partial charge >= 0.3 is 5.97 Å². The van der Waals surface area contributed by atoms with Gasteiger partial charge in [-0.1, -0.05) is 24.3 Å². The number of hydrogen-bond donors (Lipinski definition) is 1. The second-order valence-corrected chi connectivity index (χ2v) is 6.44. The van der Waals surface area contributed by atoms with E-state index in [1.54, 1.807) is 24.3 Å². The summed E-state index contributed by atoms with van der Waals surface area (Å²) in [5, 5.41) is 14.0. The highest BCUT2D eigenvalue weighted by Crippen LogP contribution is 2.24. The van der Waals surface area contributed by atoms with Gasteiger partial charge in [0, 0.05) is 11.5 Å². The van der Waals surface area contributed by atoms with Crippen molar-refractivity contribution in [1.29, 1.82) is 0 Å². The first-order valence-electron chi connectivity index (χ1n) is 8.99. The van der Waals surface area contributed by atoms with Crippen molar-refractivity contribution < 1.29 is 23.7 Å². The second-order valence-electron chi connectivity index (χ2n) is 6.44. The zero-order chi connectivity index (χ0) is 22.0. The SMILES string of the molecule is O=C(COC(=O)Cn1cnc2c(oc3ccccc32)c1=O)Nc1ccccc1[N+](=O)[O-]. The molecule has 0 aliphatic rings. The maximum atomic E-state index is 12.6. The number of ether oxygens (including phenoxy) is 1. The lowest BCUT2D eigenvalue weighted by atomic mass is 10.2. The van der Waals surface area contributed by atoms with Crippen LogP contribution in [0.5, 0.6) is 0 Å². The number of nitro groups is 1. The summed E-state index contributed by atoms with van der Waals surface area (Å²) in [4.78, 5) is 51.2. The van der Waals surface area contributed by atoms with Gasteiger partial charge in [0.15, 0.2) is 6.61 Å². The van der Waals surface area contributed by atoms with E-state index in [1.165, 1.54) is 30.6 Å². The van der Waals surface area contributed by atoms with Gasteiger partial charge in [-0.3, -0.25) is 29.1 Å². The normalized spacial score (nSPS) is 10.8. The number of hydrogen-bond acceptors (Lipinski definition) is 8. The summed E-state index contributed by atoms with van der Waals surface area (Å²) in [6.07, 6.45) is 1.20. The number of benzene rings is 2. The number of carbonyl (C=O) groups excluding carboxylic acids is 2. The van der Waals surface area contributed by atoms with E-state index < -0.39 is 35.5 Å². The standard InChI is InChI=1S/C20H14N4O7/c25-16(22-13-6-2-3-7-14(13)24(28)29)10-30-17(26)9-23-11-21-18-12-5-1-4-8-15(12)31-19(18)20(23)27/h1-8,11H,9-10H2,(H,22,25). The van der Waals surface area contributed by atoms with Crippen molar-refractivity contribution in [1.82, 2.24) is 9.55 Å². The first-order chi connectivity index (χ1) is 14.9. The first-order valence-corrected chi connectivity index (χ1v) is 8.99. The van der Waals surface area contributed by atoms with Crippen molar-refractivity contribution in [3.63, 3.8) is 0 Å². The van der Waals surface area contributed by atoms with Crippen LogP contribution in [-0.4, -0.2) is 33.0 Å². The van der Waals surface area contributed by atoms with Crippen LogP contribution >= 0.6 is 0 Å². The summed E-state index contributed by atoms with van der Waals surface area (Å²) in [6, 6.07) is 12.6. The summed E-state index contributed by atoms with van der Waals surface area (Å²) in [5.41, 5.74) is -0.000424. The Morgan fingerprint density at radius 2 is 1.90 bits per heavy atom. The Morgan fingerprint density at radius 1 is 1.16 bits per heavy atom. The average molecular weight is 422 g/mol. The summed E-state index contributed by atoms with van der Waals surface area (Å²) in [7, 11) is 0. The summed E-state index contributed by atoms with van der Waals surface area (Å²) < 4.78 is 11.4. The topological polar surface area (TPSA) is 147 Å². The Morgan fingerprint density at radius 3 is 2.71 bits per heavy atom. The molecule has 4 rings (SSSR count). The zero-order valence-electron chi connectivity index (χ0n) is 15.8. The number of carbonyl (C=O) groups is 2. The van der Waals surface area contributed by atoms with Gasteiger partial charge in [0.25, 0.3) is 17.2 Å². The number of nitro benzene ring substituents is 1. The predicted molar refractivity (Wildman–Crippen MR) is 108 cm³/mol. The van der Waals surface area contributed by atoms with Crippen molar-refractivity contribution >= 4 is 45.3 Å². The van der Waals surface area contributed by atoms with Gasteiger partial charge in [0.2, 0.25) is 5.58 Å². The minimum atomic E-state index is -0.864. The maximum absolute atomic E-state index is 12.6. The van der Waals surface area contributed by atoms with Crippen molar-refractivity contribution in [2.24, 2.45) is 0 Å². The van der Waals surface area contributed by atoms with Crippen molar-refractivity contribution in [2.45, 2.75) is 6.54 Å². The highest BCUT2D eigenvalue weighted by molar-refractivity contribution is 6.01. The summed E-state index contributed by atoms with van der Waals surface area (Å²) in [5.74, 6) is -1.63. The molecule has 0 radical (unpaired) electrons. The van der Waals surface area contributed by atoms with Crippen molar-refractivity contribution in [2.75, 3.05) is 11.9 Å². The van der Waals surface area contributed by atoms with Gasteiger partial charge in [0.05, 0.1) is 11.3 Å². The quantitative estimate of drug-likeness (QED) is 0.283. The molecule has 0 aliphatic carbocycles. The molecule has 1 N–H and O–H groups in total. The number of esters is 1. The number of fused-ring (bicyclic) bond motifs is 3. The van der Waals surface area contributed by atoms with E-state index >= 15 is 0 Å². The van der Waals surface area contributed by atoms with Crippen LogP contribution in [0.25, 0.3) is 22.1 Å². The lowest BCUT2D eigenvalue weighted by Crippen LogP contribution is -2.28. The van der Waals surface area contributed by atoms with E-state index in [2.05, 4.69) is 10.3 Å². The first kappa shape index (κ1) is 19.8. The number of nitrogens with one attached hydrogen (secondary N) is 1. The van der Waals surface area contributed by atoms with Gasteiger partial charge < -0.3 is 14.5 Å². The monoisotopic (exact) mass is 422 g/mol. The Bertz CT molecular complexity index is 1390. The smallest absolute Gasteiger partial charge is 0.326 e. The van der Waals surface area contributed by atoms with Crippen molar-refractivity contribution in [3.05, 3.63) is 75.3 Å². The molecule has 0 saturated carbocycles. The minimum absolute atomic E-state index is 0.00521. The third-order valence-corrected chi connectivity index (χ3v) is 4.39. The molecule has 2 aromatic carbocycles. The number of rotatable bonds is 6. The molecule has 0 aliphatic heterocycles. The van der Waals surface area contributed by atoms with Gasteiger partial charge in [0.1, 0.15) is 23.3 Å². The summed E-state index contributed by atoms with van der Waals surface area (Å²) in [6.45, 7) is -1.17. The van der Waals surface area contributed by atoms with Crippen LogP contribution < -0.4 is 10.9 Å². The number of furan rings is 1. The van der Waals surface area contributed by atoms with Crippen LogP contribution in [0.1, 0.15) is 0 Å². The van der Waals surface area contributed by atoms with Crippen LogP contribution in [0.15, 0.2) is 64.1 Å². The van der Waals surface area contributed by atoms with Gasteiger partial charge in [-0.25, -0.2) is 4.98 Å². The highest BCUT2D eigenvalue weighted by atomic mass is 16.6.